The van der Waals surface area contributed by atoms with Crippen molar-refractivity contribution in [2.24, 2.45) is 23.7 Å². The number of rotatable bonds is 5. The Labute approximate surface area is 182 Å². The Morgan fingerprint density at radius 1 is 0.968 bits per heavy atom. The zero-order chi connectivity index (χ0) is 21.7. The first kappa shape index (κ1) is 20.0. The number of imide groups is 1. The van der Waals surface area contributed by atoms with Crippen LogP contribution < -0.4 is 5.32 Å². The molecule has 5 heteroatoms. The van der Waals surface area contributed by atoms with Crippen molar-refractivity contribution >= 4 is 23.4 Å². The first-order valence-corrected chi connectivity index (χ1v) is 11.2. The monoisotopic (exact) mass is 416 g/mol. The summed E-state index contributed by atoms with van der Waals surface area (Å²) in [6.45, 7) is 4.02. The number of carbonyl (C=O) groups excluding carboxylic acids is 3. The van der Waals surface area contributed by atoms with Gasteiger partial charge in [-0.25, -0.2) is 0 Å². The van der Waals surface area contributed by atoms with Crippen LogP contribution in [-0.4, -0.2) is 28.7 Å². The third-order valence-corrected chi connectivity index (χ3v) is 7.62. The number of carbonyl (C=O) groups is 3. The minimum atomic E-state index is -0.839. The fourth-order valence-corrected chi connectivity index (χ4v) is 5.92. The number of benzene rings is 2. The van der Waals surface area contributed by atoms with Gasteiger partial charge in [0.15, 0.2) is 0 Å². The van der Waals surface area contributed by atoms with Gasteiger partial charge in [0.25, 0.3) is 0 Å². The largest absolute Gasteiger partial charge is 0.324 e. The number of nitrogens with zero attached hydrogens (tertiary/aromatic N) is 1. The van der Waals surface area contributed by atoms with E-state index in [1.165, 1.54) is 4.90 Å². The Kier molecular flexibility index (Phi) is 4.92. The Bertz CT molecular complexity index is 1020. The van der Waals surface area contributed by atoms with Crippen LogP contribution in [0.25, 0.3) is 0 Å². The molecule has 3 fully saturated rings. The van der Waals surface area contributed by atoms with Gasteiger partial charge in [0.1, 0.15) is 6.04 Å². The standard InChI is InChI=1S/C26H28N2O3/c1-15-8-11-20(12-16(15)2)27-24(29)21(13-17-6-4-3-5-7-17)28-25(30)22-18-9-10-19(14-18)23(22)26(28)31/h3-8,11-12,18-19,21-23H,9-10,13-14H2,1-2H3,(H,27,29)/t18-,19-,21-,22-,23+/m0/s1. The minimum absolute atomic E-state index is 0.140. The molecule has 2 bridgehead atoms. The molecule has 2 saturated carbocycles. The number of fused-ring (bicyclic) bond motifs is 5. The smallest absolute Gasteiger partial charge is 0.248 e. The lowest BCUT2D eigenvalue weighted by Crippen LogP contribution is -2.49. The quantitative estimate of drug-likeness (QED) is 0.752. The number of aryl methyl sites for hydroxylation is 2. The number of anilines is 1. The van der Waals surface area contributed by atoms with E-state index in [0.717, 1.165) is 36.0 Å². The van der Waals surface area contributed by atoms with Crippen molar-refractivity contribution in [3.63, 3.8) is 0 Å². The number of nitrogens with one attached hydrogen (secondary N) is 1. The SMILES string of the molecule is Cc1ccc(NC(=O)[C@H](Cc2ccccc2)N2C(=O)[C@@H]3[C@H]4CC[C@@H](C4)[C@@H]3C2=O)cc1C. The average Bonchev–Trinajstić information content (AvgIpc) is 3.44. The van der Waals surface area contributed by atoms with Crippen LogP contribution in [0.3, 0.4) is 0 Å². The zero-order valence-corrected chi connectivity index (χ0v) is 18.0. The Hall–Kier alpha value is -2.95. The molecule has 160 valence electrons. The van der Waals surface area contributed by atoms with Crippen LogP contribution in [0.4, 0.5) is 5.69 Å². The van der Waals surface area contributed by atoms with Crippen molar-refractivity contribution in [2.45, 2.75) is 45.6 Å². The summed E-state index contributed by atoms with van der Waals surface area (Å²) in [6, 6.07) is 14.5. The van der Waals surface area contributed by atoms with E-state index in [9.17, 15) is 14.4 Å². The summed E-state index contributed by atoms with van der Waals surface area (Å²) in [7, 11) is 0. The van der Waals surface area contributed by atoms with Crippen LogP contribution in [-0.2, 0) is 20.8 Å². The molecular formula is C26H28N2O3. The van der Waals surface area contributed by atoms with E-state index >= 15 is 0 Å². The molecule has 3 aliphatic rings. The van der Waals surface area contributed by atoms with Gasteiger partial charge in [-0.05, 0) is 73.8 Å². The maximum Gasteiger partial charge on any atom is 0.248 e. The molecule has 5 atom stereocenters. The van der Waals surface area contributed by atoms with Gasteiger partial charge in [-0.15, -0.1) is 0 Å². The van der Waals surface area contributed by atoms with E-state index in [1.807, 2.05) is 62.4 Å². The highest BCUT2D eigenvalue weighted by molar-refractivity contribution is 6.10. The number of amides is 3. The van der Waals surface area contributed by atoms with E-state index in [4.69, 9.17) is 0 Å². The normalized spacial score (nSPS) is 27.5. The van der Waals surface area contributed by atoms with Crippen LogP contribution in [0, 0.1) is 37.5 Å². The zero-order valence-electron chi connectivity index (χ0n) is 18.0. The van der Waals surface area contributed by atoms with Crippen LogP contribution in [0.1, 0.15) is 36.0 Å². The van der Waals surface area contributed by atoms with Crippen molar-refractivity contribution in [1.29, 1.82) is 0 Å². The predicted octanol–water partition coefficient (Wildman–Crippen LogP) is 3.88. The van der Waals surface area contributed by atoms with E-state index in [1.54, 1.807) is 0 Å². The molecule has 3 amide bonds. The predicted molar refractivity (Wildman–Crippen MR) is 118 cm³/mol. The van der Waals surface area contributed by atoms with E-state index in [-0.39, 0.29) is 29.6 Å². The summed E-state index contributed by atoms with van der Waals surface area (Å²) in [5.74, 6) is -0.427. The molecular weight excluding hydrogens is 388 g/mol. The van der Waals surface area contributed by atoms with Gasteiger partial charge in [0.2, 0.25) is 17.7 Å². The molecule has 2 aromatic carbocycles. The molecule has 1 heterocycles. The first-order chi connectivity index (χ1) is 14.9. The number of hydrogen-bond donors (Lipinski definition) is 1. The molecule has 5 rings (SSSR count). The lowest BCUT2D eigenvalue weighted by molar-refractivity contribution is -0.147. The highest BCUT2D eigenvalue weighted by Crippen LogP contribution is 2.56. The number of likely N-dealkylation sites (tertiary alicyclic amines) is 1. The molecule has 31 heavy (non-hydrogen) atoms. The summed E-state index contributed by atoms with van der Waals surface area (Å²) in [6.07, 6.45) is 3.36. The van der Waals surface area contributed by atoms with Gasteiger partial charge in [-0.3, -0.25) is 19.3 Å². The molecule has 0 spiro atoms. The highest BCUT2D eigenvalue weighted by Gasteiger charge is 2.62. The van der Waals surface area contributed by atoms with E-state index in [0.29, 0.717) is 23.9 Å². The van der Waals surface area contributed by atoms with Crippen molar-refractivity contribution in [1.82, 2.24) is 4.90 Å². The van der Waals surface area contributed by atoms with Crippen LogP contribution in [0.2, 0.25) is 0 Å². The molecule has 0 aromatic heterocycles. The molecule has 1 saturated heterocycles. The van der Waals surface area contributed by atoms with Gasteiger partial charge in [-0.2, -0.15) is 0 Å². The van der Waals surface area contributed by atoms with Crippen LogP contribution >= 0.6 is 0 Å². The molecule has 1 aliphatic heterocycles. The third-order valence-electron chi connectivity index (χ3n) is 7.62. The lowest BCUT2D eigenvalue weighted by Gasteiger charge is -2.27. The fourth-order valence-electron chi connectivity index (χ4n) is 5.92. The van der Waals surface area contributed by atoms with E-state index < -0.39 is 6.04 Å². The molecule has 2 aromatic rings. The average molecular weight is 417 g/mol. The topological polar surface area (TPSA) is 66.5 Å². The molecule has 0 radical (unpaired) electrons. The van der Waals surface area contributed by atoms with Gasteiger partial charge in [-0.1, -0.05) is 36.4 Å². The summed E-state index contributed by atoms with van der Waals surface area (Å²) >= 11 is 0. The first-order valence-electron chi connectivity index (χ1n) is 11.2. The summed E-state index contributed by atoms with van der Waals surface area (Å²) in [5.41, 5.74) is 3.85. The molecule has 2 aliphatic carbocycles. The van der Waals surface area contributed by atoms with Gasteiger partial charge < -0.3 is 5.32 Å². The van der Waals surface area contributed by atoms with Crippen molar-refractivity contribution < 1.29 is 14.4 Å². The Morgan fingerprint density at radius 3 is 2.23 bits per heavy atom. The van der Waals surface area contributed by atoms with Gasteiger partial charge in [0.05, 0.1) is 11.8 Å². The molecule has 1 N–H and O–H groups in total. The number of hydrogen-bond acceptors (Lipinski definition) is 3. The summed E-state index contributed by atoms with van der Waals surface area (Å²) in [4.78, 5) is 41.5. The van der Waals surface area contributed by atoms with Crippen molar-refractivity contribution in [2.75, 3.05) is 5.32 Å². The van der Waals surface area contributed by atoms with Gasteiger partial charge >= 0.3 is 0 Å². The van der Waals surface area contributed by atoms with Crippen molar-refractivity contribution in [3.05, 3.63) is 65.2 Å². The summed E-state index contributed by atoms with van der Waals surface area (Å²) < 4.78 is 0. The minimum Gasteiger partial charge on any atom is -0.324 e. The molecule has 0 unspecified atom stereocenters. The molecule has 5 nitrogen and oxygen atoms in total. The van der Waals surface area contributed by atoms with Crippen LogP contribution in [0.5, 0.6) is 0 Å². The highest BCUT2D eigenvalue weighted by atomic mass is 16.2. The second kappa shape index (κ2) is 7.63. The van der Waals surface area contributed by atoms with E-state index in [2.05, 4.69) is 5.32 Å². The summed E-state index contributed by atoms with van der Waals surface area (Å²) in [5, 5.41) is 2.97. The van der Waals surface area contributed by atoms with Gasteiger partial charge in [0, 0.05) is 12.1 Å². The Balaban J connectivity index is 1.45. The Morgan fingerprint density at radius 2 is 1.61 bits per heavy atom. The second-order valence-electron chi connectivity index (χ2n) is 9.43. The third kappa shape index (κ3) is 3.36. The lowest BCUT2D eigenvalue weighted by atomic mass is 9.81. The van der Waals surface area contributed by atoms with Crippen molar-refractivity contribution in [3.8, 4) is 0 Å². The maximum absolute atomic E-state index is 13.4. The second-order valence-corrected chi connectivity index (χ2v) is 9.43. The maximum atomic E-state index is 13.4. The fraction of sp³-hybridized carbons (Fsp3) is 0.423. The van der Waals surface area contributed by atoms with Crippen LogP contribution in [0.15, 0.2) is 48.5 Å².